The lowest BCUT2D eigenvalue weighted by atomic mass is 9.96. The topological polar surface area (TPSA) is 109 Å². The van der Waals surface area contributed by atoms with Gasteiger partial charge >= 0.3 is 5.97 Å². The van der Waals surface area contributed by atoms with E-state index in [0.717, 1.165) is 6.07 Å². The van der Waals surface area contributed by atoms with E-state index in [9.17, 15) is 23.9 Å². The van der Waals surface area contributed by atoms with Crippen LogP contribution in [0.5, 0.6) is 5.75 Å². The Morgan fingerprint density at radius 2 is 1.88 bits per heavy atom. The lowest BCUT2D eigenvalue weighted by Gasteiger charge is -2.15. The molecular weight excluding hydrogens is 439 g/mol. The number of carbonyl (C=O) groups excluding carboxylic acids is 2. The minimum absolute atomic E-state index is 0.0719. The van der Waals surface area contributed by atoms with Crippen molar-refractivity contribution in [3.63, 3.8) is 0 Å². The first kappa shape index (κ1) is 23.3. The number of phenols is 1. The number of amides is 1. The van der Waals surface area contributed by atoms with Gasteiger partial charge in [0, 0.05) is 34.3 Å². The molecule has 1 heterocycles. The second kappa shape index (κ2) is 9.00. The number of benzene rings is 2. The van der Waals surface area contributed by atoms with Crippen LogP contribution in [0.4, 0.5) is 4.39 Å². The molecule has 7 nitrogen and oxygen atoms in total. The number of aromatic nitrogens is 1. The van der Waals surface area contributed by atoms with Crippen molar-refractivity contribution in [1.29, 1.82) is 0 Å². The van der Waals surface area contributed by atoms with E-state index in [-0.39, 0.29) is 17.6 Å². The van der Waals surface area contributed by atoms with Crippen LogP contribution in [-0.4, -0.2) is 39.1 Å². The van der Waals surface area contributed by atoms with Crippen LogP contribution >= 0.6 is 11.6 Å². The first-order chi connectivity index (χ1) is 15.0. The summed E-state index contributed by atoms with van der Waals surface area (Å²) in [5.41, 5.74) is 1.27. The Bertz CT molecular complexity index is 1240. The van der Waals surface area contributed by atoms with Crippen LogP contribution in [0.3, 0.4) is 0 Å². The number of hydrogen-bond donors (Lipinski definition) is 3. The number of carbonyl (C=O) groups is 3. The number of carboxylic acids is 1. The molecule has 0 fully saturated rings. The molecule has 0 spiro atoms. The lowest BCUT2D eigenvalue weighted by Crippen LogP contribution is -2.34. The van der Waals surface area contributed by atoms with E-state index >= 15 is 0 Å². The molecule has 0 radical (unpaired) electrons. The average molecular weight is 461 g/mol. The summed E-state index contributed by atoms with van der Waals surface area (Å²) in [4.78, 5) is 37.1. The predicted molar refractivity (Wildman–Crippen MR) is 118 cm³/mol. The van der Waals surface area contributed by atoms with E-state index in [2.05, 4.69) is 5.32 Å². The highest BCUT2D eigenvalue weighted by Gasteiger charge is 2.28. The van der Waals surface area contributed by atoms with E-state index in [0.29, 0.717) is 21.7 Å². The smallest absolute Gasteiger partial charge is 0.308 e. The van der Waals surface area contributed by atoms with Crippen LogP contribution in [0.1, 0.15) is 41.4 Å². The first-order valence-electron chi connectivity index (χ1n) is 9.87. The molecule has 0 aliphatic rings. The van der Waals surface area contributed by atoms with Crippen molar-refractivity contribution in [3.05, 3.63) is 64.1 Å². The SMILES string of the molecule is Cc1c(C(C)C(=O)NCC(C)C(=O)O)c2cc(O)c(F)cc2n1C(=O)c1cccc(Cl)c1. The summed E-state index contributed by atoms with van der Waals surface area (Å²) in [6, 6.07) is 8.50. The number of hydrogen-bond acceptors (Lipinski definition) is 4. The molecule has 0 saturated heterocycles. The molecule has 3 aromatic rings. The van der Waals surface area contributed by atoms with Gasteiger partial charge in [0.05, 0.1) is 17.4 Å². The first-order valence-corrected chi connectivity index (χ1v) is 10.2. The minimum Gasteiger partial charge on any atom is -0.505 e. The van der Waals surface area contributed by atoms with E-state index in [1.54, 1.807) is 32.0 Å². The predicted octanol–water partition coefficient (Wildman–Crippen LogP) is 4.08. The second-order valence-corrected chi connectivity index (χ2v) is 8.11. The molecule has 3 rings (SSSR count). The summed E-state index contributed by atoms with van der Waals surface area (Å²) < 4.78 is 15.5. The van der Waals surface area contributed by atoms with E-state index < -0.39 is 41.2 Å². The normalized spacial score (nSPS) is 13.0. The standard InChI is InChI=1S/C23H22ClFN2O5/c1-11(23(31)32)10-26-21(29)12(2)20-13(3)27(18-9-17(25)19(28)8-16(18)20)22(30)14-5-4-6-15(24)7-14/h4-9,11-12,28H,10H2,1-3H3,(H,26,29)(H,31,32). The zero-order chi connectivity index (χ0) is 23.7. The number of fused-ring (bicyclic) bond motifs is 1. The van der Waals surface area contributed by atoms with Crippen LogP contribution in [0.15, 0.2) is 36.4 Å². The number of carboxylic acid groups (broad SMARTS) is 1. The van der Waals surface area contributed by atoms with Gasteiger partial charge in [-0.05, 0) is 43.7 Å². The van der Waals surface area contributed by atoms with E-state index in [1.165, 1.54) is 23.6 Å². The van der Waals surface area contributed by atoms with Gasteiger partial charge in [-0.1, -0.05) is 24.6 Å². The molecule has 168 valence electrons. The number of aliphatic carboxylic acids is 1. The third-order valence-corrected chi connectivity index (χ3v) is 5.66. The second-order valence-electron chi connectivity index (χ2n) is 7.68. The highest BCUT2D eigenvalue weighted by molar-refractivity contribution is 6.31. The molecule has 1 amide bonds. The molecule has 0 aliphatic heterocycles. The van der Waals surface area contributed by atoms with Crippen LogP contribution in [0.25, 0.3) is 10.9 Å². The summed E-state index contributed by atoms with van der Waals surface area (Å²) in [5, 5.41) is 22.2. The third-order valence-electron chi connectivity index (χ3n) is 5.43. The molecule has 0 aliphatic carbocycles. The lowest BCUT2D eigenvalue weighted by molar-refractivity contribution is -0.141. The average Bonchev–Trinajstić information content (AvgIpc) is 3.01. The summed E-state index contributed by atoms with van der Waals surface area (Å²) in [6.07, 6.45) is 0. The van der Waals surface area contributed by atoms with Crippen molar-refractivity contribution < 1.29 is 29.0 Å². The Balaban J connectivity index is 2.12. The van der Waals surface area contributed by atoms with Crippen LogP contribution in [-0.2, 0) is 9.59 Å². The number of nitrogens with zero attached hydrogens (tertiary/aromatic N) is 1. The quantitative estimate of drug-likeness (QED) is 0.513. The molecule has 9 heteroatoms. The summed E-state index contributed by atoms with van der Waals surface area (Å²) in [5.74, 6) is -5.09. The van der Waals surface area contributed by atoms with E-state index in [1.807, 2.05) is 0 Å². The molecule has 32 heavy (non-hydrogen) atoms. The number of aromatic hydroxyl groups is 1. The van der Waals surface area contributed by atoms with Crippen molar-refractivity contribution in [2.24, 2.45) is 5.92 Å². The van der Waals surface area contributed by atoms with Gasteiger partial charge in [-0.3, -0.25) is 19.0 Å². The Kier molecular flexibility index (Phi) is 6.55. The van der Waals surface area contributed by atoms with Gasteiger partial charge in [-0.25, -0.2) is 4.39 Å². The zero-order valence-corrected chi connectivity index (χ0v) is 18.4. The molecule has 2 atom stereocenters. The maximum atomic E-state index is 14.2. The fourth-order valence-corrected chi connectivity index (χ4v) is 3.82. The van der Waals surface area contributed by atoms with Crippen molar-refractivity contribution >= 4 is 40.3 Å². The van der Waals surface area contributed by atoms with Gasteiger partial charge in [-0.2, -0.15) is 0 Å². The molecule has 2 aromatic carbocycles. The number of halogens is 2. The third kappa shape index (κ3) is 4.31. The molecule has 2 unspecified atom stereocenters. The highest BCUT2D eigenvalue weighted by Crippen LogP contribution is 2.36. The van der Waals surface area contributed by atoms with Gasteiger partial charge < -0.3 is 15.5 Å². The fourth-order valence-electron chi connectivity index (χ4n) is 3.63. The highest BCUT2D eigenvalue weighted by atomic mass is 35.5. The molecule has 0 bridgehead atoms. The van der Waals surface area contributed by atoms with E-state index in [4.69, 9.17) is 16.7 Å². The van der Waals surface area contributed by atoms with Crippen LogP contribution < -0.4 is 5.32 Å². The fraction of sp³-hybridized carbons (Fsp3) is 0.261. The Labute approximate surface area is 188 Å². The summed E-state index contributed by atoms with van der Waals surface area (Å²) in [7, 11) is 0. The van der Waals surface area contributed by atoms with Gasteiger partial charge in [0.25, 0.3) is 5.91 Å². The van der Waals surface area contributed by atoms with Gasteiger partial charge in [-0.15, -0.1) is 0 Å². The Morgan fingerprint density at radius 1 is 1.19 bits per heavy atom. The van der Waals surface area contributed by atoms with Crippen molar-refractivity contribution in [2.45, 2.75) is 26.7 Å². The number of nitrogens with one attached hydrogen (secondary N) is 1. The van der Waals surface area contributed by atoms with Gasteiger partial charge in [0.15, 0.2) is 11.6 Å². The van der Waals surface area contributed by atoms with Crippen LogP contribution in [0.2, 0.25) is 5.02 Å². The number of phenolic OH excluding ortho intramolecular Hbond substituents is 1. The van der Waals surface area contributed by atoms with Gasteiger partial charge in [0.1, 0.15) is 0 Å². The van der Waals surface area contributed by atoms with Crippen molar-refractivity contribution in [3.8, 4) is 5.75 Å². The maximum Gasteiger partial charge on any atom is 0.308 e. The largest absolute Gasteiger partial charge is 0.505 e. The van der Waals surface area contributed by atoms with Crippen molar-refractivity contribution in [1.82, 2.24) is 9.88 Å². The Morgan fingerprint density at radius 3 is 2.50 bits per heavy atom. The molecule has 0 saturated carbocycles. The number of rotatable bonds is 6. The monoisotopic (exact) mass is 460 g/mol. The molecular formula is C23H22ClFN2O5. The maximum absolute atomic E-state index is 14.2. The van der Waals surface area contributed by atoms with Crippen LogP contribution in [0, 0.1) is 18.7 Å². The summed E-state index contributed by atoms with van der Waals surface area (Å²) in [6.45, 7) is 4.61. The summed E-state index contributed by atoms with van der Waals surface area (Å²) >= 11 is 6.01. The van der Waals surface area contributed by atoms with Gasteiger partial charge in [0.2, 0.25) is 5.91 Å². The zero-order valence-electron chi connectivity index (χ0n) is 17.6. The molecule has 1 aromatic heterocycles. The van der Waals surface area contributed by atoms with Crippen molar-refractivity contribution in [2.75, 3.05) is 6.54 Å². The Hall–Kier alpha value is -3.39. The minimum atomic E-state index is -1.04. The molecule has 3 N–H and O–H groups in total.